The highest BCUT2D eigenvalue weighted by molar-refractivity contribution is 7.11. The molecule has 0 aliphatic heterocycles. The highest BCUT2D eigenvalue weighted by atomic mass is 32.1. The molecule has 0 aliphatic rings. The van der Waals surface area contributed by atoms with E-state index in [9.17, 15) is 9.18 Å². The smallest absolute Gasteiger partial charge is 0.340 e. The molecule has 5 nitrogen and oxygen atoms in total. The molecule has 0 saturated heterocycles. The van der Waals surface area contributed by atoms with Crippen LogP contribution in [0.2, 0.25) is 0 Å². The lowest BCUT2D eigenvalue weighted by Crippen LogP contribution is -2.05. The zero-order valence-electron chi connectivity index (χ0n) is 8.38. The van der Waals surface area contributed by atoms with Crippen molar-refractivity contribution in [3.8, 4) is 0 Å². The number of hydrogen-bond acceptors (Lipinski definition) is 4. The first-order chi connectivity index (χ1) is 7.67. The SMILES string of the molecule is CCOC(=O)C(=Cc1ccc(F)s1)N=[N+]=[N-]. The van der Waals surface area contributed by atoms with Gasteiger partial charge in [-0.15, -0.1) is 11.3 Å². The zero-order valence-corrected chi connectivity index (χ0v) is 9.20. The van der Waals surface area contributed by atoms with Crippen LogP contribution in [0.25, 0.3) is 16.5 Å². The van der Waals surface area contributed by atoms with E-state index < -0.39 is 5.97 Å². The van der Waals surface area contributed by atoms with Crippen LogP contribution in [0.5, 0.6) is 0 Å². The minimum absolute atomic E-state index is 0.177. The Morgan fingerprint density at radius 1 is 1.75 bits per heavy atom. The molecule has 0 aliphatic carbocycles. The van der Waals surface area contributed by atoms with Gasteiger partial charge in [0.2, 0.25) is 0 Å². The van der Waals surface area contributed by atoms with Crippen molar-refractivity contribution >= 4 is 23.4 Å². The van der Waals surface area contributed by atoms with Crippen molar-refractivity contribution in [2.24, 2.45) is 5.11 Å². The van der Waals surface area contributed by atoms with E-state index in [0.717, 1.165) is 11.3 Å². The van der Waals surface area contributed by atoms with Gasteiger partial charge in [0.05, 0.1) is 6.61 Å². The molecule has 84 valence electrons. The van der Waals surface area contributed by atoms with Gasteiger partial charge in [-0.05, 0) is 30.7 Å². The van der Waals surface area contributed by atoms with Crippen molar-refractivity contribution in [2.75, 3.05) is 6.61 Å². The minimum Gasteiger partial charge on any atom is -0.462 e. The summed E-state index contributed by atoms with van der Waals surface area (Å²) in [6.07, 6.45) is 1.28. The van der Waals surface area contributed by atoms with Gasteiger partial charge in [-0.3, -0.25) is 0 Å². The summed E-state index contributed by atoms with van der Waals surface area (Å²) in [5, 5.41) is 2.82. The first-order valence-electron chi connectivity index (χ1n) is 4.36. The first-order valence-corrected chi connectivity index (χ1v) is 5.18. The second kappa shape index (κ2) is 5.89. The Kier molecular flexibility index (Phi) is 4.50. The number of rotatable bonds is 4. The number of nitrogens with zero attached hydrogens (tertiary/aromatic N) is 3. The Hall–Kier alpha value is -1.85. The van der Waals surface area contributed by atoms with E-state index in [0.29, 0.717) is 4.88 Å². The Morgan fingerprint density at radius 2 is 2.50 bits per heavy atom. The van der Waals surface area contributed by atoms with E-state index in [1.807, 2.05) is 0 Å². The third kappa shape index (κ3) is 3.38. The second-order valence-electron chi connectivity index (χ2n) is 2.58. The molecule has 0 saturated carbocycles. The second-order valence-corrected chi connectivity index (χ2v) is 3.65. The van der Waals surface area contributed by atoms with Crippen LogP contribution in [0.4, 0.5) is 4.39 Å². The van der Waals surface area contributed by atoms with Gasteiger partial charge in [0.15, 0.2) is 5.13 Å². The quantitative estimate of drug-likeness (QED) is 0.267. The third-order valence-electron chi connectivity index (χ3n) is 1.51. The molecule has 0 aromatic carbocycles. The molecule has 0 spiro atoms. The van der Waals surface area contributed by atoms with Gasteiger partial charge in [0, 0.05) is 9.79 Å². The average Bonchev–Trinajstić information content (AvgIpc) is 2.64. The number of carbonyl (C=O) groups is 1. The highest BCUT2D eigenvalue weighted by Crippen LogP contribution is 2.18. The molecule has 0 fully saturated rings. The summed E-state index contributed by atoms with van der Waals surface area (Å²) in [4.78, 5) is 14.3. The van der Waals surface area contributed by atoms with Gasteiger partial charge in [0.25, 0.3) is 0 Å². The maximum Gasteiger partial charge on any atom is 0.340 e. The van der Waals surface area contributed by atoms with Crippen LogP contribution >= 0.6 is 11.3 Å². The maximum atomic E-state index is 12.7. The van der Waals surface area contributed by atoms with E-state index >= 15 is 0 Å². The van der Waals surface area contributed by atoms with E-state index in [4.69, 9.17) is 5.53 Å². The van der Waals surface area contributed by atoms with Gasteiger partial charge in [-0.25, -0.2) is 4.79 Å². The Labute approximate surface area is 94.8 Å². The molecule has 16 heavy (non-hydrogen) atoms. The van der Waals surface area contributed by atoms with E-state index in [-0.39, 0.29) is 17.4 Å². The Balaban J connectivity index is 2.97. The van der Waals surface area contributed by atoms with Crippen LogP contribution in [-0.4, -0.2) is 12.6 Å². The number of carbonyl (C=O) groups excluding carboxylic acids is 1. The summed E-state index contributed by atoms with van der Waals surface area (Å²) in [7, 11) is 0. The molecule has 0 N–H and O–H groups in total. The fraction of sp³-hybridized carbons (Fsp3) is 0.222. The molecule has 1 rings (SSSR count). The van der Waals surface area contributed by atoms with Crippen molar-refractivity contribution < 1.29 is 13.9 Å². The number of hydrogen-bond donors (Lipinski definition) is 0. The predicted molar refractivity (Wildman–Crippen MR) is 58.0 cm³/mol. The molecular weight excluding hydrogens is 233 g/mol. The number of azide groups is 1. The lowest BCUT2D eigenvalue weighted by molar-refractivity contribution is -0.138. The Morgan fingerprint density at radius 3 is 3.00 bits per heavy atom. The number of thiophene rings is 1. The van der Waals surface area contributed by atoms with Crippen molar-refractivity contribution in [3.05, 3.63) is 38.3 Å². The number of esters is 1. The largest absolute Gasteiger partial charge is 0.462 e. The average molecular weight is 241 g/mol. The molecule has 1 aromatic rings. The predicted octanol–water partition coefficient (Wildman–Crippen LogP) is 3.10. The van der Waals surface area contributed by atoms with Gasteiger partial charge < -0.3 is 4.74 Å². The maximum absolute atomic E-state index is 12.7. The summed E-state index contributed by atoms with van der Waals surface area (Å²) in [5.74, 6) is -0.728. The molecule has 0 bridgehead atoms. The van der Waals surface area contributed by atoms with Crippen molar-refractivity contribution in [1.82, 2.24) is 0 Å². The van der Waals surface area contributed by atoms with Gasteiger partial charge >= 0.3 is 5.97 Å². The fourth-order valence-corrected chi connectivity index (χ4v) is 1.59. The summed E-state index contributed by atoms with van der Waals surface area (Å²) in [6.45, 7) is 1.81. The van der Waals surface area contributed by atoms with Crippen molar-refractivity contribution in [3.63, 3.8) is 0 Å². The molecule has 0 atom stereocenters. The molecule has 7 heteroatoms. The van der Waals surface area contributed by atoms with Gasteiger partial charge in [-0.1, -0.05) is 5.11 Å². The van der Waals surface area contributed by atoms with Crippen LogP contribution in [0.1, 0.15) is 11.8 Å². The van der Waals surface area contributed by atoms with E-state index in [2.05, 4.69) is 14.8 Å². The van der Waals surface area contributed by atoms with Crippen LogP contribution < -0.4 is 0 Å². The van der Waals surface area contributed by atoms with Crippen LogP contribution in [0.15, 0.2) is 22.9 Å². The van der Waals surface area contributed by atoms with Crippen LogP contribution in [0, 0.1) is 5.13 Å². The lowest BCUT2D eigenvalue weighted by Gasteiger charge is -1.99. The molecule has 0 amide bonds. The molecule has 0 radical (unpaired) electrons. The van der Waals surface area contributed by atoms with Crippen molar-refractivity contribution in [2.45, 2.75) is 6.92 Å². The van der Waals surface area contributed by atoms with Crippen LogP contribution in [-0.2, 0) is 9.53 Å². The summed E-state index contributed by atoms with van der Waals surface area (Å²) in [6, 6.07) is 2.74. The third-order valence-corrected chi connectivity index (χ3v) is 2.33. The number of halogens is 1. The Bertz CT molecular complexity index is 463. The summed E-state index contributed by atoms with van der Waals surface area (Å²) in [5.41, 5.74) is 8.09. The first kappa shape index (κ1) is 12.2. The van der Waals surface area contributed by atoms with E-state index in [1.54, 1.807) is 6.92 Å². The molecule has 1 heterocycles. The molecular formula is C9H8FN3O2S. The fourth-order valence-electron chi connectivity index (χ4n) is 0.922. The summed E-state index contributed by atoms with van der Waals surface area (Å²) < 4.78 is 17.4. The van der Waals surface area contributed by atoms with Gasteiger partial charge in [0.1, 0.15) is 5.70 Å². The normalized spacial score (nSPS) is 10.8. The standard InChI is InChI=1S/C9H8FN3O2S/c1-2-15-9(14)7(12-13-11)5-6-3-4-8(10)16-6/h3-5H,2H2,1H3. The van der Waals surface area contributed by atoms with E-state index in [1.165, 1.54) is 18.2 Å². The number of ether oxygens (including phenoxy) is 1. The van der Waals surface area contributed by atoms with Crippen molar-refractivity contribution in [1.29, 1.82) is 0 Å². The van der Waals surface area contributed by atoms with Gasteiger partial charge in [-0.2, -0.15) is 4.39 Å². The lowest BCUT2D eigenvalue weighted by atomic mass is 10.3. The molecule has 0 unspecified atom stereocenters. The monoisotopic (exact) mass is 241 g/mol. The summed E-state index contributed by atoms with van der Waals surface area (Å²) >= 11 is 0.843. The highest BCUT2D eigenvalue weighted by Gasteiger charge is 2.09. The molecule has 1 aromatic heterocycles. The van der Waals surface area contributed by atoms with Crippen LogP contribution in [0.3, 0.4) is 0 Å². The topological polar surface area (TPSA) is 75.1 Å². The minimum atomic E-state index is -0.728. The zero-order chi connectivity index (χ0) is 12.0.